The Morgan fingerprint density at radius 1 is 1.23 bits per heavy atom. The topological polar surface area (TPSA) is 76.9 Å². The van der Waals surface area contributed by atoms with Gasteiger partial charge in [-0.15, -0.1) is 0 Å². The van der Waals surface area contributed by atoms with Crippen molar-refractivity contribution in [3.8, 4) is 16.8 Å². The van der Waals surface area contributed by atoms with Gasteiger partial charge in [0, 0.05) is 35.1 Å². The molecule has 0 atom stereocenters. The molecule has 1 fully saturated rings. The first-order valence-electron chi connectivity index (χ1n) is 8.51. The van der Waals surface area contributed by atoms with Crippen molar-refractivity contribution < 1.29 is 9.59 Å². The predicted octanol–water partition coefficient (Wildman–Crippen LogP) is 2.95. The second-order valence-corrected chi connectivity index (χ2v) is 6.55. The molecule has 4 rings (SSSR count). The zero-order chi connectivity index (χ0) is 18.1. The standard InChI is InChI=1S/C20H18N4O2/c1-13-2-3-15(20(26)23-17-4-5-17)7-19(13)16-9-22-24(11-16)18-6-14(12-25)8-21-10-18/h2-3,6-12,17H,4-5H2,1H3,(H,23,26). The molecule has 3 aromatic rings. The Morgan fingerprint density at radius 3 is 2.85 bits per heavy atom. The van der Waals surface area contributed by atoms with Crippen molar-refractivity contribution in [1.29, 1.82) is 0 Å². The van der Waals surface area contributed by atoms with Crippen LogP contribution in [0.15, 0.2) is 49.1 Å². The van der Waals surface area contributed by atoms with E-state index >= 15 is 0 Å². The van der Waals surface area contributed by atoms with Gasteiger partial charge in [-0.2, -0.15) is 5.10 Å². The van der Waals surface area contributed by atoms with E-state index in [-0.39, 0.29) is 5.91 Å². The van der Waals surface area contributed by atoms with Crippen molar-refractivity contribution in [3.05, 3.63) is 65.7 Å². The monoisotopic (exact) mass is 346 g/mol. The van der Waals surface area contributed by atoms with Gasteiger partial charge in [-0.25, -0.2) is 4.68 Å². The Bertz CT molecular complexity index is 989. The minimum absolute atomic E-state index is 0.0379. The molecule has 1 amide bonds. The van der Waals surface area contributed by atoms with Crippen LogP contribution in [-0.2, 0) is 0 Å². The van der Waals surface area contributed by atoms with E-state index in [1.807, 2.05) is 31.3 Å². The van der Waals surface area contributed by atoms with E-state index in [0.29, 0.717) is 22.9 Å². The molecule has 0 radical (unpaired) electrons. The van der Waals surface area contributed by atoms with Crippen LogP contribution in [0.1, 0.15) is 39.1 Å². The quantitative estimate of drug-likeness (QED) is 0.721. The number of carbonyl (C=O) groups excluding carboxylic acids is 2. The first-order valence-corrected chi connectivity index (χ1v) is 8.51. The van der Waals surface area contributed by atoms with Gasteiger partial charge in [0.1, 0.15) is 0 Å². The minimum atomic E-state index is -0.0379. The van der Waals surface area contributed by atoms with Gasteiger partial charge >= 0.3 is 0 Å². The Labute approximate surface area is 150 Å². The van der Waals surface area contributed by atoms with Crippen LogP contribution in [0.2, 0.25) is 0 Å². The molecule has 0 unspecified atom stereocenters. The zero-order valence-corrected chi connectivity index (χ0v) is 14.3. The van der Waals surface area contributed by atoms with Crippen LogP contribution in [-0.4, -0.2) is 33.0 Å². The molecule has 0 spiro atoms. The normalized spacial score (nSPS) is 13.4. The number of nitrogens with one attached hydrogen (secondary N) is 1. The highest BCUT2D eigenvalue weighted by Crippen LogP contribution is 2.26. The van der Waals surface area contributed by atoms with E-state index in [1.165, 1.54) is 6.20 Å². The van der Waals surface area contributed by atoms with Crippen molar-refractivity contribution in [1.82, 2.24) is 20.1 Å². The maximum absolute atomic E-state index is 12.3. The fourth-order valence-corrected chi connectivity index (χ4v) is 2.81. The summed E-state index contributed by atoms with van der Waals surface area (Å²) in [4.78, 5) is 27.3. The molecule has 1 aliphatic carbocycles. The minimum Gasteiger partial charge on any atom is -0.349 e. The van der Waals surface area contributed by atoms with Crippen molar-refractivity contribution >= 4 is 12.2 Å². The maximum atomic E-state index is 12.3. The van der Waals surface area contributed by atoms with E-state index < -0.39 is 0 Å². The summed E-state index contributed by atoms with van der Waals surface area (Å²) in [6.45, 7) is 2.00. The van der Waals surface area contributed by atoms with Crippen LogP contribution in [0.5, 0.6) is 0 Å². The number of carbonyl (C=O) groups is 2. The van der Waals surface area contributed by atoms with Crippen molar-refractivity contribution in [3.63, 3.8) is 0 Å². The number of pyridine rings is 1. The highest BCUT2D eigenvalue weighted by molar-refractivity contribution is 5.96. The third-order valence-electron chi connectivity index (χ3n) is 4.45. The van der Waals surface area contributed by atoms with Gasteiger partial charge in [-0.3, -0.25) is 14.6 Å². The van der Waals surface area contributed by atoms with E-state index in [1.54, 1.807) is 23.1 Å². The molecule has 26 heavy (non-hydrogen) atoms. The summed E-state index contributed by atoms with van der Waals surface area (Å²) in [5, 5.41) is 7.38. The average molecular weight is 346 g/mol. The van der Waals surface area contributed by atoms with Crippen LogP contribution >= 0.6 is 0 Å². The van der Waals surface area contributed by atoms with Crippen LogP contribution in [0.4, 0.5) is 0 Å². The first-order chi connectivity index (χ1) is 12.6. The molecule has 2 heterocycles. The van der Waals surface area contributed by atoms with Crippen molar-refractivity contribution in [2.75, 3.05) is 0 Å². The highest BCUT2D eigenvalue weighted by atomic mass is 16.1. The van der Waals surface area contributed by atoms with Gasteiger partial charge in [0.25, 0.3) is 5.91 Å². The maximum Gasteiger partial charge on any atom is 0.251 e. The van der Waals surface area contributed by atoms with Crippen molar-refractivity contribution in [2.24, 2.45) is 0 Å². The number of aldehydes is 1. The molecule has 1 aliphatic rings. The second-order valence-electron chi connectivity index (χ2n) is 6.55. The second kappa shape index (κ2) is 6.55. The average Bonchev–Trinajstić information content (AvgIpc) is 3.34. The first kappa shape index (κ1) is 16.2. The molecule has 1 saturated carbocycles. The van der Waals surface area contributed by atoms with Gasteiger partial charge in [-0.05, 0) is 49.1 Å². The molecular weight excluding hydrogens is 328 g/mol. The SMILES string of the molecule is Cc1ccc(C(=O)NC2CC2)cc1-c1cnn(-c2cncc(C=O)c2)c1. The molecule has 0 bridgehead atoms. The smallest absolute Gasteiger partial charge is 0.251 e. The third-order valence-corrected chi connectivity index (χ3v) is 4.45. The lowest BCUT2D eigenvalue weighted by atomic mass is 10.0. The molecular formula is C20H18N4O2. The molecule has 0 saturated heterocycles. The Balaban J connectivity index is 1.66. The summed E-state index contributed by atoms with van der Waals surface area (Å²) in [6.07, 6.45) is 9.65. The van der Waals surface area contributed by atoms with E-state index in [0.717, 1.165) is 35.8 Å². The third kappa shape index (κ3) is 3.26. The van der Waals surface area contributed by atoms with Crippen LogP contribution in [0, 0.1) is 6.92 Å². The van der Waals surface area contributed by atoms with Gasteiger partial charge in [0.2, 0.25) is 0 Å². The lowest BCUT2D eigenvalue weighted by molar-refractivity contribution is 0.0950. The summed E-state index contributed by atoms with van der Waals surface area (Å²) in [7, 11) is 0. The molecule has 1 N–H and O–H groups in total. The molecule has 6 heteroatoms. The van der Waals surface area contributed by atoms with Crippen LogP contribution in [0.25, 0.3) is 16.8 Å². The van der Waals surface area contributed by atoms with Gasteiger partial charge in [0.05, 0.1) is 18.1 Å². The summed E-state index contributed by atoms with van der Waals surface area (Å²) in [6, 6.07) is 7.74. The molecule has 1 aromatic carbocycles. The van der Waals surface area contributed by atoms with Crippen molar-refractivity contribution in [2.45, 2.75) is 25.8 Å². The number of hydrogen-bond acceptors (Lipinski definition) is 4. The number of aromatic nitrogens is 3. The van der Waals surface area contributed by atoms with Gasteiger partial charge in [-0.1, -0.05) is 6.07 Å². The Kier molecular flexibility index (Phi) is 4.08. The van der Waals surface area contributed by atoms with Gasteiger partial charge < -0.3 is 5.32 Å². The summed E-state index contributed by atoms with van der Waals surface area (Å²) in [5.41, 5.74) is 4.78. The summed E-state index contributed by atoms with van der Waals surface area (Å²) in [5.74, 6) is -0.0379. The predicted molar refractivity (Wildman–Crippen MR) is 97.4 cm³/mol. The number of hydrogen-bond donors (Lipinski definition) is 1. The fraction of sp³-hybridized carbons (Fsp3) is 0.200. The van der Waals surface area contributed by atoms with E-state index in [9.17, 15) is 9.59 Å². The Morgan fingerprint density at radius 2 is 2.08 bits per heavy atom. The highest BCUT2D eigenvalue weighted by Gasteiger charge is 2.24. The lowest BCUT2D eigenvalue weighted by Gasteiger charge is -2.08. The van der Waals surface area contributed by atoms with Crippen LogP contribution in [0.3, 0.4) is 0 Å². The van der Waals surface area contributed by atoms with E-state index in [2.05, 4.69) is 15.4 Å². The molecule has 6 nitrogen and oxygen atoms in total. The Hall–Kier alpha value is -3.28. The largest absolute Gasteiger partial charge is 0.349 e. The number of amides is 1. The number of benzene rings is 1. The summed E-state index contributed by atoms with van der Waals surface area (Å²) >= 11 is 0. The summed E-state index contributed by atoms with van der Waals surface area (Å²) < 4.78 is 1.67. The van der Waals surface area contributed by atoms with Gasteiger partial charge in [0.15, 0.2) is 6.29 Å². The number of nitrogens with zero attached hydrogens (tertiary/aromatic N) is 3. The van der Waals surface area contributed by atoms with Crippen LogP contribution < -0.4 is 5.32 Å². The lowest BCUT2D eigenvalue weighted by Crippen LogP contribution is -2.25. The molecule has 2 aromatic heterocycles. The zero-order valence-electron chi connectivity index (χ0n) is 14.3. The molecule has 0 aliphatic heterocycles. The molecule has 130 valence electrons. The fourth-order valence-electron chi connectivity index (χ4n) is 2.81. The number of aryl methyl sites for hydroxylation is 1. The number of rotatable bonds is 5. The van der Waals surface area contributed by atoms with E-state index in [4.69, 9.17) is 0 Å².